The minimum atomic E-state index is -0.290. The summed E-state index contributed by atoms with van der Waals surface area (Å²) in [7, 11) is 0. The van der Waals surface area contributed by atoms with Gasteiger partial charge in [0.25, 0.3) is 6.33 Å². The molecule has 0 N–H and O–H groups in total. The van der Waals surface area contributed by atoms with Crippen molar-refractivity contribution in [3.63, 3.8) is 0 Å². The van der Waals surface area contributed by atoms with Crippen LogP contribution in [0.25, 0.3) is 106 Å². The van der Waals surface area contributed by atoms with Gasteiger partial charge in [-0.3, -0.25) is 9.55 Å². The zero-order valence-electron chi connectivity index (χ0n) is 52.8. The maximum absolute atomic E-state index is 7.39. The van der Waals surface area contributed by atoms with Crippen LogP contribution in [0.3, 0.4) is 0 Å². The Morgan fingerprint density at radius 1 is 0.539 bits per heavy atom. The molecule has 0 fully saturated rings. The van der Waals surface area contributed by atoms with Crippen molar-refractivity contribution in [2.24, 2.45) is 0 Å². The quantitative estimate of drug-likeness (QED) is 0.107. The molecule has 446 valence electrons. The Bertz CT molecular complexity index is 4860. The van der Waals surface area contributed by atoms with Crippen LogP contribution >= 0.6 is 0 Å². The van der Waals surface area contributed by atoms with Crippen molar-refractivity contribution in [2.45, 2.75) is 129 Å². The van der Waals surface area contributed by atoms with E-state index in [9.17, 15) is 0 Å². The van der Waals surface area contributed by atoms with Gasteiger partial charge in [-0.05, 0) is 127 Å². The van der Waals surface area contributed by atoms with E-state index in [0.29, 0.717) is 22.8 Å². The van der Waals surface area contributed by atoms with Crippen LogP contribution in [0, 0.1) is 18.5 Å². The van der Waals surface area contributed by atoms with Crippen molar-refractivity contribution in [3.05, 3.63) is 246 Å². The van der Waals surface area contributed by atoms with Gasteiger partial charge in [0.15, 0.2) is 0 Å². The molecule has 0 saturated heterocycles. The van der Waals surface area contributed by atoms with Gasteiger partial charge in [0, 0.05) is 54.8 Å². The van der Waals surface area contributed by atoms with Crippen LogP contribution in [0.2, 0.25) is 0 Å². The summed E-state index contributed by atoms with van der Waals surface area (Å²) in [4.78, 5) is 5.84. The molecule has 7 heteroatoms. The summed E-state index contributed by atoms with van der Waals surface area (Å²) in [6.45, 7) is 26.3. The predicted molar refractivity (Wildman–Crippen MR) is 361 cm³/mol. The maximum atomic E-state index is 7.39. The SMILES string of the molecule is CC(C)(C)c1cc(Oc2[c-]c(-[n+]3[c-]n(-c4c(-c5ccccc5)cccc4-c4ccccc4)c4ccccc43)c3oc4ccccc4c3c2)[c-]c(-c2nc3ccc4c(c3n2-c2ccc3c(c2-c2ccccc2)C(C)(C)CCC3(C)C)C(C)(C)CCC4(C)C)c1.[Pt]. The summed E-state index contributed by atoms with van der Waals surface area (Å²) in [6.07, 6.45) is 8.28. The van der Waals surface area contributed by atoms with Gasteiger partial charge in [-0.15, -0.1) is 29.3 Å². The van der Waals surface area contributed by atoms with Crippen molar-refractivity contribution in [3.8, 4) is 73.3 Å². The molecule has 10 aromatic carbocycles. The van der Waals surface area contributed by atoms with E-state index >= 15 is 0 Å². The number of para-hydroxylation sites is 4. The second-order valence-corrected chi connectivity index (χ2v) is 28.4. The van der Waals surface area contributed by atoms with Crippen LogP contribution < -0.4 is 9.30 Å². The van der Waals surface area contributed by atoms with Gasteiger partial charge in [-0.2, -0.15) is 0 Å². The van der Waals surface area contributed by atoms with Crippen LogP contribution in [0.4, 0.5) is 0 Å². The average Bonchev–Trinajstić information content (AvgIpc) is 1.73. The Kier molecular flexibility index (Phi) is 13.9. The minimum Gasteiger partial charge on any atom is -0.519 e. The fourth-order valence-electron chi connectivity index (χ4n) is 14.6. The monoisotopic (exact) mass is 1340 g/mol. The van der Waals surface area contributed by atoms with E-state index in [2.05, 4.69) is 296 Å². The van der Waals surface area contributed by atoms with E-state index in [1.165, 1.54) is 33.4 Å². The van der Waals surface area contributed by atoms with E-state index in [0.717, 1.165) is 115 Å². The van der Waals surface area contributed by atoms with E-state index in [1.54, 1.807) is 0 Å². The third-order valence-corrected chi connectivity index (χ3v) is 19.6. The third-order valence-electron chi connectivity index (χ3n) is 19.6. The second kappa shape index (κ2) is 21.3. The number of furan rings is 1. The first-order valence-electron chi connectivity index (χ1n) is 31.4. The van der Waals surface area contributed by atoms with Crippen LogP contribution in [0.5, 0.6) is 11.5 Å². The summed E-state index contributed by atoms with van der Waals surface area (Å²) in [5.74, 6) is 1.91. The summed E-state index contributed by atoms with van der Waals surface area (Å²) in [5, 5.41) is 1.88. The molecular formula is C82H74N4O2Pt-2. The summed E-state index contributed by atoms with van der Waals surface area (Å²) in [6, 6.07) is 79.5. The van der Waals surface area contributed by atoms with Crippen LogP contribution in [-0.2, 0) is 48.1 Å². The number of rotatable bonds is 9. The standard InChI is InChI=1S/C82H74N4O2.Pt/c1-78(2,3)56-46-55(77-83-65-40-38-64-73(82(10,11)45-43-80(64,6)7)75(65)86(77)68-41-39-63-72(71(68)54-30-19-14-20-31-54)81(8,9)44-42-79(63,4)5)47-57(48-56)87-58-49-62-61-32-21-24-37-70(61)88-76(62)69(50-58)84-51-85(67-36-23-22-35-66(67)84)74-59(52-26-15-12-16-27-52)33-25-34-60(74)53-28-17-13-18-29-53;/h12-41,46,48-49H,42-45H2,1-11H3;/q-2;. The topological polar surface area (TPSA) is 49.0 Å². The number of imidazole rings is 2. The molecule has 3 heterocycles. The Labute approximate surface area is 538 Å². The van der Waals surface area contributed by atoms with Gasteiger partial charge < -0.3 is 18.3 Å². The molecule has 0 atom stereocenters. The van der Waals surface area contributed by atoms with Crippen LogP contribution in [0.1, 0.15) is 130 Å². The van der Waals surface area contributed by atoms with Crippen LogP contribution in [-0.4, -0.2) is 14.1 Å². The molecular weight excluding hydrogens is 1270 g/mol. The molecule has 0 spiro atoms. The predicted octanol–water partition coefficient (Wildman–Crippen LogP) is 21.0. The molecule has 0 aliphatic heterocycles. The smallest absolute Gasteiger partial charge is 0.268 e. The summed E-state index contributed by atoms with van der Waals surface area (Å²) >= 11 is 0. The first-order chi connectivity index (χ1) is 42.2. The molecule has 15 rings (SSSR count). The second-order valence-electron chi connectivity index (χ2n) is 28.4. The van der Waals surface area contributed by atoms with Gasteiger partial charge in [0.1, 0.15) is 5.58 Å². The molecule has 6 nitrogen and oxygen atoms in total. The molecule has 2 aliphatic carbocycles. The average molecular weight is 1340 g/mol. The minimum absolute atomic E-state index is 0. The van der Waals surface area contributed by atoms with E-state index in [4.69, 9.17) is 14.1 Å². The number of ether oxygens (including phenoxy) is 1. The van der Waals surface area contributed by atoms with Crippen molar-refractivity contribution in [2.75, 3.05) is 0 Å². The molecule has 2 aliphatic rings. The number of benzene rings is 10. The van der Waals surface area contributed by atoms with E-state index in [-0.39, 0.29) is 48.1 Å². The summed E-state index contributed by atoms with van der Waals surface area (Å²) in [5.41, 5.74) is 22.2. The molecule has 89 heavy (non-hydrogen) atoms. The zero-order valence-corrected chi connectivity index (χ0v) is 55.1. The van der Waals surface area contributed by atoms with E-state index in [1.807, 2.05) is 12.1 Å². The van der Waals surface area contributed by atoms with Crippen molar-refractivity contribution >= 4 is 44.0 Å². The normalized spacial score (nSPS) is 15.7. The first kappa shape index (κ1) is 58.1. The van der Waals surface area contributed by atoms with Gasteiger partial charge in [-0.1, -0.05) is 257 Å². The molecule has 3 aromatic heterocycles. The Hall–Kier alpha value is -8.57. The molecule has 0 unspecified atom stereocenters. The zero-order chi connectivity index (χ0) is 60.6. The van der Waals surface area contributed by atoms with Gasteiger partial charge in [-0.25, -0.2) is 0 Å². The fraction of sp³-hybridized carbons (Fsp3) is 0.244. The Morgan fingerprint density at radius 2 is 1.10 bits per heavy atom. The largest absolute Gasteiger partial charge is 0.519 e. The van der Waals surface area contributed by atoms with Gasteiger partial charge in [0.2, 0.25) is 0 Å². The maximum Gasteiger partial charge on any atom is 0.268 e. The number of hydrogen-bond donors (Lipinski definition) is 0. The molecule has 0 radical (unpaired) electrons. The van der Waals surface area contributed by atoms with E-state index < -0.39 is 0 Å². The van der Waals surface area contributed by atoms with Crippen molar-refractivity contribution in [1.82, 2.24) is 14.1 Å². The molecule has 0 amide bonds. The number of hydrogen-bond acceptors (Lipinski definition) is 3. The Morgan fingerprint density at radius 3 is 1.76 bits per heavy atom. The molecule has 0 bridgehead atoms. The number of nitrogens with zero attached hydrogens (tertiary/aromatic N) is 4. The third kappa shape index (κ3) is 9.71. The van der Waals surface area contributed by atoms with Crippen LogP contribution in [0.15, 0.2) is 205 Å². The number of aromatic nitrogens is 4. The van der Waals surface area contributed by atoms with Gasteiger partial charge in [0.05, 0.1) is 33.6 Å². The summed E-state index contributed by atoms with van der Waals surface area (Å²) < 4.78 is 21.2. The van der Waals surface area contributed by atoms with Crippen molar-refractivity contribution in [1.29, 1.82) is 0 Å². The van der Waals surface area contributed by atoms with Gasteiger partial charge >= 0.3 is 0 Å². The molecule has 13 aromatic rings. The van der Waals surface area contributed by atoms with Crippen molar-refractivity contribution < 1.29 is 34.8 Å². The first-order valence-corrected chi connectivity index (χ1v) is 31.4. The Balaban J connectivity index is 0.00000694. The fourth-order valence-corrected chi connectivity index (χ4v) is 14.6. The molecule has 0 saturated carbocycles. The number of fused-ring (bicyclic) bond motifs is 8.